The number of likely N-dealkylation sites (tertiary alicyclic amines) is 1. The highest BCUT2D eigenvalue weighted by Gasteiger charge is 2.34. The average Bonchev–Trinajstić information content (AvgIpc) is 3.16. The van der Waals surface area contributed by atoms with Gasteiger partial charge in [-0.3, -0.25) is 14.6 Å². The van der Waals surface area contributed by atoms with Gasteiger partial charge in [0.25, 0.3) is 5.91 Å². The normalized spacial score (nSPS) is 24.0. The zero-order valence-electron chi connectivity index (χ0n) is 11.6. The molecular formula is C14H21N3O2. The van der Waals surface area contributed by atoms with E-state index in [1.165, 1.54) is 0 Å². The van der Waals surface area contributed by atoms with Crippen molar-refractivity contribution in [3.63, 3.8) is 0 Å². The van der Waals surface area contributed by atoms with E-state index in [0.717, 1.165) is 19.3 Å². The number of nitrogens with one attached hydrogen (secondary N) is 1. The molecule has 5 nitrogen and oxygen atoms in total. The minimum absolute atomic E-state index is 0.0521. The molecule has 1 aliphatic heterocycles. The summed E-state index contributed by atoms with van der Waals surface area (Å²) in [5.74, 6) is 0.321. The summed E-state index contributed by atoms with van der Waals surface area (Å²) in [6.07, 6.45) is 6.19. The summed E-state index contributed by atoms with van der Waals surface area (Å²) in [5, 5.41) is 3.02. The topological polar surface area (TPSA) is 61.8 Å². The van der Waals surface area contributed by atoms with Crippen LogP contribution in [0.3, 0.4) is 0 Å². The molecule has 1 unspecified atom stereocenters. The van der Waals surface area contributed by atoms with Crippen molar-refractivity contribution >= 4 is 18.0 Å². The van der Waals surface area contributed by atoms with E-state index in [-0.39, 0.29) is 23.8 Å². The number of allylic oxidation sites excluding steroid dienone is 1. The monoisotopic (exact) mass is 263 g/mol. The molecule has 2 aliphatic rings. The summed E-state index contributed by atoms with van der Waals surface area (Å²) in [5.41, 5.74) is 0.469. The molecule has 2 amide bonds. The first-order valence-electron chi connectivity index (χ1n) is 6.90. The van der Waals surface area contributed by atoms with Gasteiger partial charge in [-0.1, -0.05) is 6.08 Å². The molecule has 19 heavy (non-hydrogen) atoms. The predicted octanol–water partition coefficient (Wildman–Crippen LogP) is 1.11. The fraction of sp³-hybridized carbons (Fsp3) is 0.643. The molecule has 0 aromatic heterocycles. The molecule has 1 saturated carbocycles. The van der Waals surface area contributed by atoms with Crippen molar-refractivity contribution in [3.8, 4) is 0 Å². The van der Waals surface area contributed by atoms with Crippen LogP contribution in [-0.2, 0) is 9.59 Å². The van der Waals surface area contributed by atoms with E-state index in [0.29, 0.717) is 18.8 Å². The van der Waals surface area contributed by atoms with E-state index < -0.39 is 0 Å². The van der Waals surface area contributed by atoms with Crippen LogP contribution in [0.25, 0.3) is 0 Å². The van der Waals surface area contributed by atoms with Gasteiger partial charge in [0.05, 0.1) is 0 Å². The van der Waals surface area contributed by atoms with E-state index >= 15 is 0 Å². The van der Waals surface area contributed by atoms with E-state index in [2.05, 4.69) is 10.3 Å². The first-order chi connectivity index (χ1) is 9.15. The molecule has 1 N–H and O–H groups in total. The maximum atomic E-state index is 12.2. The van der Waals surface area contributed by atoms with E-state index in [1.807, 2.05) is 6.92 Å². The molecule has 1 saturated heterocycles. The van der Waals surface area contributed by atoms with Crippen molar-refractivity contribution in [3.05, 3.63) is 11.8 Å². The second-order valence-corrected chi connectivity index (χ2v) is 5.08. The summed E-state index contributed by atoms with van der Waals surface area (Å²) in [6, 6.07) is 0.0979. The lowest BCUT2D eigenvalue weighted by molar-refractivity contribution is -0.127. The maximum Gasteiger partial charge on any atom is 0.272 e. The molecule has 1 atom stereocenters. The van der Waals surface area contributed by atoms with Gasteiger partial charge in [-0.05, 0) is 33.1 Å². The van der Waals surface area contributed by atoms with Gasteiger partial charge in [-0.25, -0.2) is 0 Å². The molecule has 5 heteroatoms. The van der Waals surface area contributed by atoms with Crippen LogP contribution < -0.4 is 5.32 Å². The minimum atomic E-state index is -0.0521. The molecule has 1 aliphatic carbocycles. The third kappa shape index (κ3) is 3.43. The second kappa shape index (κ2) is 5.99. The molecule has 104 valence electrons. The summed E-state index contributed by atoms with van der Waals surface area (Å²) >= 11 is 0. The van der Waals surface area contributed by atoms with Gasteiger partial charge in [0.2, 0.25) is 5.91 Å². The quantitative estimate of drug-likeness (QED) is 0.610. The SMILES string of the molecule is CC=N/C(=C\C)C(=O)N1CCC(NC(=O)C2CC2)C1. The number of hydrogen-bond acceptors (Lipinski definition) is 3. The zero-order valence-corrected chi connectivity index (χ0v) is 11.6. The van der Waals surface area contributed by atoms with Gasteiger partial charge < -0.3 is 10.2 Å². The Morgan fingerprint density at radius 2 is 2.00 bits per heavy atom. The summed E-state index contributed by atoms with van der Waals surface area (Å²) in [4.78, 5) is 29.7. The molecule has 0 aromatic rings. The van der Waals surface area contributed by atoms with Crippen LogP contribution in [0, 0.1) is 5.92 Å². The number of rotatable bonds is 4. The Morgan fingerprint density at radius 3 is 2.58 bits per heavy atom. The average molecular weight is 263 g/mol. The summed E-state index contributed by atoms with van der Waals surface area (Å²) < 4.78 is 0. The number of amides is 2. The zero-order chi connectivity index (χ0) is 13.8. The van der Waals surface area contributed by atoms with Crippen molar-refractivity contribution in [1.29, 1.82) is 0 Å². The second-order valence-electron chi connectivity index (χ2n) is 5.08. The summed E-state index contributed by atoms with van der Waals surface area (Å²) in [7, 11) is 0. The van der Waals surface area contributed by atoms with Gasteiger partial charge in [0.15, 0.2) is 0 Å². The van der Waals surface area contributed by atoms with E-state index in [1.54, 1.807) is 24.1 Å². The lowest BCUT2D eigenvalue weighted by Crippen LogP contribution is -2.39. The van der Waals surface area contributed by atoms with Crippen molar-refractivity contribution in [1.82, 2.24) is 10.2 Å². The number of carbonyl (C=O) groups excluding carboxylic acids is 2. The van der Waals surface area contributed by atoms with E-state index in [9.17, 15) is 9.59 Å². The maximum absolute atomic E-state index is 12.2. The summed E-state index contributed by atoms with van der Waals surface area (Å²) in [6.45, 7) is 4.88. The Balaban J connectivity index is 1.86. The Kier molecular flexibility index (Phi) is 4.35. The minimum Gasteiger partial charge on any atom is -0.351 e. The first-order valence-corrected chi connectivity index (χ1v) is 6.90. The van der Waals surface area contributed by atoms with Gasteiger partial charge in [0, 0.05) is 31.3 Å². The molecular weight excluding hydrogens is 242 g/mol. The Hall–Kier alpha value is -1.65. The van der Waals surface area contributed by atoms with Crippen LogP contribution in [-0.4, -0.2) is 42.1 Å². The Bertz CT molecular complexity index is 424. The van der Waals surface area contributed by atoms with Crippen LogP contribution in [0.4, 0.5) is 0 Å². The van der Waals surface area contributed by atoms with Gasteiger partial charge in [-0.2, -0.15) is 0 Å². The molecule has 1 heterocycles. The van der Waals surface area contributed by atoms with Crippen molar-refractivity contribution in [2.45, 2.75) is 39.2 Å². The molecule has 0 radical (unpaired) electrons. The molecule has 2 fully saturated rings. The highest BCUT2D eigenvalue weighted by atomic mass is 16.2. The molecule has 0 bridgehead atoms. The lowest BCUT2D eigenvalue weighted by atomic mass is 10.2. The third-order valence-corrected chi connectivity index (χ3v) is 3.53. The van der Waals surface area contributed by atoms with Crippen LogP contribution in [0.15, 0.2) is 16.8 Å². The van der Waals surface area contributed by atoms with Gasteiger partial charge in [0.1, 0.15) is 5.70 Å². The van der Waals surface area contributed by atoms with Gasteiger partial charge in [-0.15, -0.1) is 0 Å². The fourth-order valence-electron chi connectivity index (χ4n) is 2.28. The van der Waals surface area contributed by atoms with Crippen molar-refractivity contribution in [2.24, 2.45) is 10.9 Å². The third-order valence-electron chi connectivity index (χ3n) is 3.53. The number of carbonyl (C=O) groups is 2. The first kappa shape index (κ1) is 13.8. The molecule has 2 rings (SSSR count). The largest absolute Gasteiger partial charge is 0.351 e. The van der Waals surface area contributed by atoms with E-state index in [4.69, 9.17) is 0 Å². The smallest absolute Gasteiger partial charge is 0.272 e. The van der Waals surface area contributed by atoms with Crippen LogP contribution in [0.1, 0.15) is 33.1 Å². The number of hydrogen-bond donors (Lipinski definition) is 1. The standard InChI is InChI=1S/C14H21N3O2/c1-3-12(15-4-2)14(19)17-8-7-11(9-17)16-13(18)10-5-6-10/h3-4,10-11H,5-9H2,1-2H3,(H,16,18)/b12-3-,15-4?. The Labute approximate surface area is 113 Å². The van der Waals surface area contributed by atoms with Crippen molar-refractivity contribution in [2.75, 3.05) is 13.1 Å². The highest BCUT2D eigenvalue weighted by Crippen LogP contribution is 2.29. The van der Waals surface area contributed by atoms with Gasteiger partial charge >= 0.3 is 0 Å². The highest BCUT2D eigenvalue weighted by molar-refractivity contribution is 5.94. The number of aliphatic imine (C=N–C) groups is 1. The lowest BCUT2D eigenvalue weighted by Gasteiger charge is -2.17. The van der Waals surface area contributed by atoms with Crippen LogP contribution >= 0.6 is 0 Å². The number of nitrogens with zero attached hydrogens (tertiary/aromatic N) is 2. The molecule has 0 spiro atoms. The van der Waals surface area contributed by atoms with Crippen molar-refractivity contribution < 1.29 is 9.59 Å². The Morgan fingerprint density at radius 1 is 1.26 bits per heavy atom. The molecule has 0 aromatic carbocycles. The fourth-order valence-corrected chi connectivity index (χ4v) is 2.28. The predicted molar refractivity (Wildman–Crippen MR) is 73.8 cm³/mol. The van der Waals surface area contributed by atoms with Crippen LogP contribution in [0.2, 0.25) is 0 Å². The van der Waals surface area contributed by atoms with Crippen LogP contribution in [0.5, 0.6) is 0 Å².